The number of nitrogens with zero attached hydrogens (tertiary/aromatic N) is 5. The number of hydrogen-bond acceptors (Lipinski definition) is 5. The third kappa shape index (κ3) is 3.32. The molecule has 2 aromatic carbocycles. The van der Waals surface area contributed by atoms with Gasteiger partial charge in [-0.15, -0.1) is 0 Å². The van der Waals surface area contributed by atoms with E-state index < -0.39 is 11.6 Å². The molecule has 3 aromatic heterocycles. The molecule has 5 N–H and O–H groups in total. The fourth-order valence-corrected chi connectivity index (χ4v) is 4.09. The first-order valence-corrected chi connectivity index (χ1v) is 10.2. The summed E-state index contributed by atoms with van der Waals surface area (Å²) >= 11 is 0. The number of pyridine rings is 2. The number of nitrogens with two attached hydrogens (primary N) is 2. The zero-order chi connectivity index (χ0) is 24.0. The minimum atomic E-state index is -0.628. The minimum absolute atomic E-state index is 0.0335. The van der Waals surface area contributed by atoms with Crippen LogP contribution in [0.1, 0.15) is 11.4 Å². The van der Waals surface area contributed by atoms with Gasteiger partial charge in [-0.25, -0.2) is 23.7 Å². The molecule has 0 radical (unpaired) electrons. The summed E-state index contributed by atoms with van der Waals surface area (Å²) in [6, 6.07) is 10.9. The van der Waals surface area contributed by atoms with Crippen LogP contribution in [0.15, 0.2) is 59.9 Å². The van der Waals surface area contributed by atoms with Gasteiger partial charge in [0.1, 0.15) is 46.5 Å². The lowest BCUT2D eigenvalue weighted by Gasteiger charge is -2.13. The topological polar surface area (TPSA) is 132 Å². The summed E-state index contributed by atoms with van der Waals surface area (Å²) in [5.74, 6) is -0.297. The first-order valence-electron chi connectivity index (χ1n) is 10.2. The number of amidine groups is 1. The smallest absolute Gasteiger partial charge is 0.149 e. The average Bonchev–Trinajstić information content (AvgIpc) is 3.16. The van der Waals surface area contributed by atoms with Crippen molar-refractivity contribution in [3.05, 3.63) is 77.9 Å². The van der Waals surface area contributed by atoms with Crippen molar-refractivity contribution >= 4 is 39.9 Å². The highest BCUT2D eigenvalue weighted by molar-refractivity contribution is 6.11. The van der Waals surface area contributed by atoms with Gasteiger partial charge >= 0.3 is 0 Å². The third-order valence-electron chi connectivity index (χ3n) is 5.53. The van der Waals surface area contributed by atoms with Gasteiger partial charge in [0.2, 0.25) is 0 Å². The number of benzene rings is 2. The molecule has 3 heterocycles. The second kappa shape index (κ2) is 8.00. The van der Waals surface area contributed by atoms with Crippen LogP contribution in [0.2, 0.25) is 0 Å². The van der Waals surface area contributed by atoms with Crippen molar-refractivity contribution in [3.63, 3.8) is 0 Å². The van der Waals surface area contributed by atoms with E-state index in [2.05, 4.69) is 19.9 Å². The summed E-state index contributed by atoms with van der Waals surface area (Å²) in [6.07, 6.45) is 3.85. The summed E-state index contributed by atoms with van der Waals surface area (Å²) in [4.78, 5) is 16.6. The molecule has 10 heteroatoms. The van der Waals surface area contributed by atoms with E-state index >= 15 is 0 Å². The molecule has 8 nitrogen and oxygen atoms in total. The van der Waals surface area contributed by atoms with E-state index in [-0.39, 0.29) is 16.7 Å². The maximum atomic E-state index is 14.9. The molecule has 0 fully saturated rings. The van der Waals surface area contributed by atoms with Crippen LogP contribution in [0.4, 0.5) is 14.6 Å². The molecule has 0 atom stereocenters. The van der Waals surface area contributed by atoms with Gasteiger partial charge in [-0.05, 0) is 60.5 Å². The Kier molecular flexibility index (Phi) is 4.97. The fraction of sp³-hybridized carbons (Fsp3) is 0.0417. The van der Waals surface area contributed by atoms with Gasteiger partial charge in [0.25, 0.3) is 0 Å². The van der Waals surface area contributed by atoms with Crippen LogP contribution in [0.3, 0.4) is 0 Å². The van der Waals surface area contributed by atoms with Gasteiger partial charge in [-0.2, -0.15) is 0 Å². The van der Waals surface area contributed by atoms with Gasteiger partial charge in [-0.3, -0.25) is 15.0 Å². The van der Waals surface area contributed by atoms with Crippen LogP contribution in [0, 0.1) is 24.0 Å². The summed E-state index contributed by atoms with van der Waals surface area (Å²) in [6.45, 7) is 1.75. The van der Waals surface area contributed by atoms with Crippen LogP contribution >= 0.6 is 0 Å². The molecular weight excluding hydrogens is 438 g/mol. The summed E-state index contributed by atoms with van der Waals surface area (Å²) < 4.78 is 31.1. The summed E-state index contributed by atoms with van der Waals surface area (Å²) in [5, 5.41) is 7.36. The number of nitrogens with one attached hydrogen (secondary N) is 1. The molecule has 0 unspecified atom stereocenters. The van der Waals surface area contributed by atoms with Gasteiger partial charge < -0.3 is 11.5 Å². The van der Waals surface area contributed by atoms with Crippen molar-refractivity contribution < 1.29 is 8.78 Å². The zero-order valence-corrected chi connectivity index (χ0v) is 17.9. The van der Waals surface area contributed by atoms with Crippen molar-refractivity contribution in [2.45, 2.75) is 6.92 Å². The lowest BCUT2D eigenvalue weighted by atomic mass is 10.0. The SMILES string of the molecule is Cc1nc2c(C(N)=NC=N)cc(-c3ccnc(N)c3)cc2n1-c1ccnc2c(F)ccc(F)c12. The van der Waals surface area contributed by atoms with Crippen LogP contribution in [-0.4, -0.2) is 31.7 Å². The molecule has 0 aliphatic heterocycles. The molecule has 0 amide bonds. The Morgan fingerprint density at radius 3 is 2.53 bits per heavy atom. The average molecular weight is 456 g/mol. The van der Waals surface area contributed by atoms with Gasteiger partial charge in [0, 0.05) is 18.0 Å². The number of aliphatic imine (C=N–C) groups is 1. The van der Waals surface area contributed by atoms with Crippen molar-refractivity contribution in [1.29, 1.82) is 5.41 Å². The Bertz CT molecular complexity index is 1640. The highest BCUT2D eigenvalue weighted by Gasteiger charge is 2.20. The molecule has 168 valence electrons. The standard InChI is InChI=1S/C24H18F2N8/c1-12-33-22-15(24(29)32-11-27)8-14(13-4-6-30-20(28)10-13)9-19(22)34(12)18-5-7-31-23-17(26)3-2-16(25)21(18)23/h2-11H,1H3,(H2,28,30)(H3,27,29,32). The van der Waals surface area contributed by atoms with E-state index in [1.165, 1.54) is 6.20 Å². The van der Waals surface area contributed by atoms with Gasteiger partial charge in [0.15, 0.2) is 0 Å². The Morgan fingerprint density at radius 1 is 1.00 bits per heavy atom. The number of aromatic nitrogens is 4. The number of nitrogen functional groups attached to an aromatic ring is 1. The number of rotatable bonds is 4. The van der Waals surface area contributed by atoms with Gasteiger partial charge in [0.05, 0.1) is 16.6 Å². The van der Waals surface area contributed by atoms with Crippen LogP contribution < -0.4 is 11.5 Å². The van der Waals surface area contributed by atoms with Crippen LogP contribution in [0.25, 0.3) is 38.8 Å². The van der Waals surface area contributed by atoms with E-state index in [1.54, 1.807) is 42.0 Å². The quantitative estimate of drug-likeness (QED) is 0.276. The molecular formula is C24H18F2N8. The molecule has 0 aliphatic carbocycles. The monoisotopic (exact) mass is 456 g/mol. The Hall–Kier alpha value is -4.73. The van der Waals surface area contributed by atoms with E-state index in [4.69, 9.17) is 16.9 Å². The minimum Gasteiger partial charge on any atom is -0.384 e. The number of hydrogen-bond donors (Lipinski definition) is 3. The predicted octanol–water partition coefficient (Wildman–Crippen LogP) is 4.12. The third-order valence-corrected chi connectivity index (χ3v) is 5.53. The predicted molar refractivity (Wildman–Crippen MR) is 128 cm³/mol. The van der Waals surface area contributed by atoms with E-state index in [0.29, 0.717) is 33.9 Å². The second-order valence-corrected chi connectivity index (χ2v) is 7.58. The first kappa shape index (κ1) is 21.1. The second-order valence-electron chi connectivity index (χ2n) is 7.58. The van der Waals surface area contributed by atoms with E-state index in [9.17, 15) is 8.78 Å². The Labute approximate surface area is 192 Å². The zero-order valence-electron chi connectivity index (χ0n) is 17.9. The summed E-state index contributed by atoms with van der Waals surface area (Å²) in [5.41, 5.74) is 15.4. The fourth-order valence-electron chi connectivity index (χ4n) is 4.09. The molecule has 0 saturated carbocycles. The number of anilines is 1. The first-order chi connectivity index (χ1) is 16.4. The maximum Gasteiger partial charge on any atom is 0.149 e. The highest BCUT2D eigenvalue weighted by atomic mass is 19.1. The lowest BCUT2D eigenvalue weighted by molar-refractivity contribution is 0.615. The van der Waals surface area contributed by atoms with Crippen molar-refractivity contribution in [3.8, 4) is 16.8 Å². The number of halogens is 2. The largest absolute Gasteiger partial charge is 0.384 e. The molecule has 34 heavy (non-hydrogen) atoms. The lowest BCUT2D eigenvalue weighted by Crippen LogP contribution is -2.14. The maximum absolute atomic E-state index is 14.9. The number of imidazole rings is 1. The molecule has 0 bridgehead atoms. The number of fused-ring (bicyclic) bond motifs is 2. The Morgan fingerprint density at radius 2 is 1.76 bits per heavy atom. The Balaban J connectivity index is 1.91. The number of aryl methyl sites for hydroxylation is 1. The van der Waals surface area contributed by atoms with Crippen molar-refractivity contribution in [1.82, 2.24) is 19.5 Å². The van der Waals surface area contributed by atoms with Gasteiger partial charge in [-0.1, -0.05) is 0 Å². The normalized spacial score (nSPS) is 11.9. The molecule has 0 spiro atoms. The highest BCUT2D eigenvalue weighted by Crippen LogP contribution is 2.33. The molecule has 0 saturated heterocycles. The van der Waals surface area contributed by atoms with E-state index in [1.807, 2.05) is 6.07 Å². The van der Waals surface area contributed by atoms with Crippen molar-refractivity contribution in [2.75, 3.05) is 5.73 Å². The van der Waals surface area contributed by atoms with Crippen LogP contribution in [0.5, 0.6) is 0 Å². The molecule has 0 aliphatic rings. The summed E-state index contributed by atoms with van der Waals surface area (Å²) in [7, 11) is 0. The van der Waals surface area contributed by atoms with Crippen molar-refractivity contribution in [2.24, 2.45) is 10.7 Å². The molecule has 5 aromatic rings. The van der Waals surface area contributed by atoms with E-state index in [0.717, 1.165) is 29.6 Å². The molecule has 5 rings (SSSR count). The van der Waals surface area contributed by atoms with Crippen LogP contribution in [-0.2, 0) is 0 Å².